The zero-order valence-corrected chi connectivity index (χ0v) is 17.8. The van der Waals surface area contributed by atoms with Crippen molar-refractivity contribution in [2.45, 2.75) is 30.3 Å². The molecule has 3 saturated carbocycles. The first kappa shape index (κ1) is 21.4. The number of hydrogen-bond donors (Lipinski definition) is 2. The Morgan fingerprint density at radius 2 is 1.76 bits per heavy atom. The van der Waals surface area contributed by atoms with E-state index < -0.39 is 34.0 Å². The maximum absolute atomic E-state index is 13.4. The van der Waals surface area contributed by atoms with E-state index in [4.69, 9.17) is 20.8 Å². The van der Waals surface area contributed by atoms with Gasteiger partial charge in [0.1, 0.15) is 23.0 Å². The predicted molar refractivity (Wildman–Crippen MR) is 114 cm³/mol. The van der Waals surface area contributed by atoms with E-state index in [1.807, 2.05) is 0 Å². The van der Waals surface area contributed by atoms with Gasteiger partial charge in [-0.2, -0.15) is 0 Å². The fraction of sp³-hybridized carbons (Fsp3) is 0.261. The minimum absolute atomic E-state index is 0.00505. The average Bonchev–Trinajstić information content (AvgIpc) is 2.71. The Bertz CT molecular complexity index is 1350. The molecule has 6 rings (SSSR count). The van der Waals surface area contributed by atoms with Crippen LogP contribution in [0.1, 0.15) is 29.8 Å². The molecule has 0 saturated heterocycles. The van der Waals surface area contributed by atoms with Crippen LogP contribution in [0.25, 0.3) is 11.0 Å². The lowest BCUT2D eigenvalue weighted by molar-refractivity contribution is -0.141. The molecule has 2 bridgehead atoms. The Balaban J connectivity index is 1.16. The van der Waals surface area contributed by atoms with Crippen molar-refractivity contribution in [3.63, 3.8) is 0 Å². The highest BCUT2D eigenvalue weighted by atomic mass is 35.5. The topological polar surface area (TPSA) is 97.6 Å². The van der Waals surface area contributed by atoms with Crippen LogP contribution in [0.15, 0.2) is 51.7 Å². The van der Waals surface area contributed by atoms with Gasteiger partial charge < -0.3 is 19.8 Å². The fourth-order valence-electron chi connectivity index (χ4n) is 4.64. The van der Waals surface area contributed by atoms with Crippen LogP contribution in [0.4, 0.5) is 8.78 Å². The van der Waals surface area contributed by atoms with Crippen molar-refractivity contribution >= 4 is 34.4 Å². The number of rotatable bonds is 6. The van der Waals surface area contributed by atoms with Gasteiger partial charge in [0.2, 0.25) is 0 Å². The minimum Gasteiger partial charge on any atom is -0.484 e. The molecule has 170 valence electrons. The summed E-state index contributed by atoms with van der Waals surface area (Å²) < 4.78 is 37.6. The standard InChI is InChI=1S/C23H17ClF2N2O5/c24-15-4-2-13(6-16(15)26)32-8-20(30)27-22-9-23(10-22,11-22)28-21(31)19-7-17(29)14-3-1-12(25)5-18(14)33-19/h1-7H,8-11H2,(H,27,30)(H,28,31). The van der Waals surface area contributed by atoms with Crippen molar-refractivity contribution < 1.29 is 27.5 Å². The monoisotopic (exact) mass is 474 g/mol. The predicted octanol–water partition coefficient (Wildman–Crippen LogP) is 3.32. The van der Waals surface area contributed by atoms with Gasteiger partial charge in [0, 0.05) is 29.3 Å². The highest BCUT2D eigenvalue weighted by molar-refractivity contribution is 6.30. The number of fused-ring (bicyclic) bond motifs is 1. The third-order valence-electron chi connectivity index (χ3n) is 5.99. The van der Waals surface area contributed by atoms with E-state index in [2.05, 4.69) is 10.6 Å². The molecule has 2 N–H and O–H groups in total. The molecule has 3 aliphatic carbocycles. The van der Waals surface area contributed by atoms with Crippen LogP contribution in [-0.4, -0.2) is 29.5 Å². The van der Waals surface area contributed by atoms with E-state index in [1.54, 1.807) is 0 Å². The smallest absolute Gasteiger partial charge is 0.287 e. The zero-order valence-electron chi connectivity index (χ0n) is 17.0. The van der Waals surface area contributed by atoms with Gasteiger partial charge in [0.25, 0.3) is 11.8 Å². The van der Waals surface area contributed by atoms with E-state index in [-0.39, 0.29) is 40.0 Å². The Hall–Kier alpha value is -3.46. The molecule has 0 spiro atoms. The third-order valence-corrected chi connectivity index (χ3v) is 6.30. The lowest BCUT2D eigenvalue weighted by Gasteiger charge is -2.70. The zero-order chi connectivity index (χ0) is 23.4. The first-order valence-corrected chi connectivity index (χ1v) is 10.5. The molecule has 7 nitrogen and oxygen atoms in total. The quantitative estimate of drug-likeness (QED) is 0.571. The van der Waals surface area contributed by atoms with Crippen molar-refractivity contribution in [2.75, 3.05) is 6.61 Å². The number of halogens is 3. The summed E-state index contributed by atoms with van der Waals surface area (Å²) in [7, 11) is 0. The van der Waals surface area contributed by atoms with E-state index >= 15 is 0 Å². The van der Waals surface area contributed by atoms with Crippen LogP contribution in [0.2, 0.25) is 5.02 Å². The molecule has 33 heavy (non-hydrogen) atoms. The maximum atomic E-state index is 13.4. The van der Waals surface area contributed by atoms with E-state index in [9.17, 15) is 23.2 Å². The molecule has 10 heteroatoms. The number of benzene rings is 2. The van der Waals surface area contributed by atoms with Crippen molar-refractivity contribution in [2.24, 2.45) is 0 Å². The van der Waals surface area contributed by atoms with Gasteiger partial charge in [0.05, 0.1) is 10.4 Å². The molecular formula is C23H17ClF2N2O5. The van der Waals surface area contributed by atoms with Gasteiger partial charge in [0.15, 0.2) is 17.8 Å². The van der Waals surface area contributed by atoms with Crippen molar-refractivity contribution in [1.82, 2.24) is 10.6 Å². The van der Waals surface area contributed by atoms with E-state index in [0.29, 0.717) is 19.3 Å². The van der Waals surface area contributed by atoms with Gasteiger partial charge in [-0.1, -0.05) is 11.6 Å². The molecular weight excluding hydrogens is 458 g/mol. The second-order valence-corrected chi connectivity index (χ2v) is 8.98. The fourth-order valence-corrected chi connectivity index (χ4v) is 4.76. The van der Waals surface area contributed by atoms with Crippen LogP contribution in [0, 0.1) is 11.6 Å². The summed E-state index contributed by atoms with van der Waals surface area (Å²) >= 11 is 5.61. The van der Waals surface area contributed by atoms with Crippen LogP contribution in [-0.2, 0) is 4.79 Å². The van der Waals surface area contributed by atoms with Gasteiger partial charge in [-0.15, -0.1) is 0 Å². The molecule has 0 unspecified atom stereocenters. The molecule has 3 aromatic rings. The Kier molecular flexibility index (Phi) is 4.89. The number of ether oxygens (including phenoxy) is 1. The van der Waals surface area contributed by atoms with Crippen LogP contribution in [0.3, 0.4) is 0 Å². The summed E-state index contributed by atoms with van der Waals surface area (Å²) in [5.74, 6) is -2.18. The van der Waals surface area contributed by atoms with E-state index in [0.717, 1.165) is 24.3 Å². The molecule has 1 heterocycles. The molecule has 0 aliphatic heterocycles. The minimum atomic E-state index is -0.640. The Morgan fingerprint density at radius 3 is 2.48 bits per heavy atom. The first-order chi connectivity index (χ1) is 15.7. The lowest BCUT2D eigenvalue weighted by Crippen LogP contribution is -2.84. The highest BCUT2D eigenvalue weighted by Gasteiger charge is 2.69. The van der Waals surface area contributed by atoms with Gasteiger partial charge in [-0.05, 0) is 43.5 Å². The summed E-state index contributed by atoms with van der Waals surface area (Å²) in [5.41, 5.74) is -1.38. The van der Waals surface area contributed by atoms with Crippen LogP contribution < -0.4 is 20.8 Å². The third kappa shape index (κ3) is 3.93. The largest absolute Gasteiger partial charge is 0.484 e. The lowest BCUT2D eigenvalue weighted by atomic mass is 9.44. The second kappa shape index (κ2) is 7.55. The summed E-state index contributed by atoms with van der Waals surface area (Å²) in [4.78, 5) is 37.0. The van der Waals surface area contributed by atoms with Crippen LogP contribution in [0.5, 0.6) is 5.75 Å². The normalized spacial score (nSPS) is 22.8. The summed E-state index contributed by atoms with van der Waals surface area (Å²) in [5, 5.41) is 5.87. The molecule has 0 atom stereocenters. The number of nitrogens with one attached hydrogen (secondary N) is 2. The Morgan fingerprint density at radius 1 is 1.03 bits per heavy atom. The number of carbonyl (C=O) groups is 2. The second-order valence-electron chi connectivity index (χ2n) is 8.57. The van der Waals surface area contributed by atoms with Crippen molar-refractivity contribution in [3.05, 3.63) is 75.1 Å². The molecule has 3 aliphatic rings. The Labute approximate surface area is 190 Å². The van der Waals surface area contributed by atoms with Gasteiger partial charge in [-0.25, -0.2) is 8.78 Å². The molecule has 0 radical (unpaired) electrons. The van der Waals surface area contributed by atoms with Crippen molar-refractivity contribution in [3.8, 4) is 5.75 Å². The number of hydrogen-bond acceptors (Lipinski definition) is 5. The first-order valence-electron chi connectivity index (χ1n) is 10.1. The van der Waals surface area contributed by atoms with Crippen LogP contribution >= 0.6 is 11.6 Å². The molecule has 2 amide bonds. The molecule has 1 aromatic heterocycles. The summed E-state index contributed by atoms with van der Waals surface area (Å²) in [6.45, 7) is -0.291. The maximum Gasteiger partial charge on any atom is 0.287 e. The number of amides is 2. The molecule has 3 fully saturated rings. The van der Waals surface area contributed by atoms with Gasteiger partial charge in [-0.3, -0.25) is 14.4 Å². The average molecular weight is 475 g/mol. The number of carbonyl (C=O) groups excluding carboxylic acids is 2. The van der Waals surface area contributed by atoms with E-state index in [1.165, 1.54) is 18.2 Å². The van der Waals surface area contributed by atoms with Crippen molar-refractivity contribution in [1.29, 1.82) is 0 Å². The SMILES string of the molecule is O=C(COc1ccc(Cl)c(F)c1)NC12CC(NC(=O)c3cc(=O)c4ccc(F)cc4o3)(C1)C2. The van der Waals surface area contributed by atoms with Gasteiger partial charge >= 0.3 is 0 Å². The highest BCUT2D eigenvalue weighted by Crippen LogP contribution is 2.60. The summed E-state index contributed by atoms with van der Waals surface area (Å²) in [6.07, 6.45) is 1.54. The summed E-state index contributed by atoms with van der Waals surface area (Å²) in [6, 6.07) is 8.48. The molecule has 2 aromatic carbocycles.